The van der Waals surface area contributed by atoms with Crippen LogP contribution < -0.4 is 11.1 Å². The van der Waals surface area contributed by atoms with Crippen molar-refractivity contribution >= 4 is 17.6 Å². The predicted octanol–water partition coefficient (Wildman–Crippen LogP) is 0.950. The van der Waals surface area contributed by atoms with Crippen LogP contribution in [-0.2, 0) is 9.53 Å². The number of carbonyl (C=O) groups excluding carboxylic acids is 2. The van der Waals surface area contributed by atoms with Gasteiger partial charge in [0.1, 0.15) is 6.04 Å². The van der Waals surface area contributed by atoms with Crippen LogP contribution >= 0.6 is 0 Å². The Morgan fingerprint density at radius 1 is 1.47 bits per heavy atom. The highest BCUT2D eigenvalue weighted by Crippen LogP contribution is 2.06. The Hall–Kier alpha value is -2.04. The lowest BCUT2D eigenvalue weighted by molar-refractivity contribution is -0.144. The summed E-state index contributed by atoms with van der Waals surface area (Å²) in [5, 5.41) is 2.54. The van der Waals surface area contributed by atoms with Crippen molar-refractivity contribution < 1.29 is 14.3 Å². The van der Waals surface area contributed by atoms with Crippen LogP contribution in [0.3, 0.4) is 0 Å². The van der Waals surface area contributed by atoms with Crippen LogP contribution in [0.4, 0.5) is 5.69 Å². The third kappa shape index (κ3) is 3.79. The highest BCUT2D eigenvalue weighted by molar-refractivity contribution is 5.97. The van der Waals surface area contributed by atoms with E-state index in [1.165, 1.54) is 0 Å². The molecule has 92 valence electrons. The Labute approximate surface area is 99.9 Å². The third-order valence-electron chi connectivity index (χ3n) is 2.14. The molecule has 0 heterocycles. The Balaban J connectivity index is 2.63. The van der Waals surface area contributed by atoms with Crippen molar-refractivity contribution in [3.63, 3.8) is 0 Å². The highest BCUT2D eigenvalue weighted by atomic mass is 16.5. The van der Waals surface area contributed by atoms with Crippen molar-refractivity contribution in [2.45, 2.75) is 19.9 Å². The summed E-state index contributed by atoms with van der Waals surface area (Å²) in [7, 11) is 0. The predicted molar refractivity (Wildman–Crippen MR) is 64.4 cm³/mol. The summed E-state index contributed by atoms with van der Waals surface area (Å²) in [5.41, 5.74) is 6.48. The number of nitrogen functional groups attached to an aromatic ring is 1. The van der Waals surface area contributed by atoms with Gasteiger partial charge in [-0.05, 0) is 32.0 Å². The van der Waals surface area contributed by atoms with Gasteiger partial charge in [0.25, 0.3) is 5.91 Å². The van der Waals surface area contributed by atoms with E-state index >= 15 is 0 Å². The van der Waals surface area contributed by atoms with E-state index < -0.39 is 12.0 Å². The van der Waals surface area contributed by atoms with E-state index in [1.54, 1.807) is 38.1 Å². The molecule has 0 saturated heterocycles. The quantitative estimate of drug-likeness (QED) is 0.602. The zero-order valence-electron chi connectivity index (χ0n) is 9.90. The molecule has 5 nitrogen and oxygen atoms in total. The SMILES string of the molecule is CCOC(=O)C(C)NC(=O)c1cccc(N)c1. The van der Waals surface area contributed by atoms with Crippen molar-refractivity contribution in [3.8, 4) is 0 Å². The average Bonchev–Trinajstić information content (AvgIpc) is 2.29. The number of amides is 1. The normalized spacial score (nSPS) is 11.6. The molecule has 1 unspecified atom stereocenters. The maximum atomic E-state index is 11.7. The maximum Gasteiger partial charge on any atom is 0.328 e. The Bertz CT molecular complexity index is 418. The van der Waals surface area contributed by atoms with Crippen LogP contribution in [0.5, 0.6) is 0 Å². The van der Waals surface area contributed by atoms with Crippen LogP contribution in [0.25, 0.3) is 0 Å². The molecule has 0 radical (unpaired) electrons. The van der Waals surface area contributed by atoms with Crippen molar-refractivity contribution in [2.24, 2.45) is 0 Å². The third-order valence-corrected chi connectivity index (χ3v) is 2.14. The first-order chi connectivity index (χ1) is 8.04. The Kier molecular flexibility index (Phi) is 4.51. The van der Waals surface area contributed by atoms with Gasteiger partial charge in [-0.25, -0.2) is 4.79 Å². The smallest absolute Gasteiger partial charge is 0.328 e. The van der Waals surface area contributed by atoms with Crippen LogP contribution in [0.2, 0.25) is 0 Å². The minimum Gasteiger partial charge on any atom is -0.464 e. The summed E-state index contributed by atoms with van der Waals surface area (Å²) in [6.45, 7) is 3.57. The lowest BCUT2D eigenvalue weighted by atomic mass is 10.2. The minimum absolute atomic E-state index is 0.289. The van der Waals surface area contributed by atoms with E-state index in [-0.39, 0.29) is 12.5 Å². The molecular formula is C12H16N2O3. The summed E-state index contributed by atoms with van der Waals surface area (Å²) < 4.78 is 4.79. The molecule has 1 amide bonds. The summed E-state index contributed by atoms with van der Waals surface area (Å²) in [6, 6.07) is 5.87. The zero-order valence-corrected chi connectivity index (χ0v) is 9.90. The first-order valence-corrected chi connectivity index (χ1v) is 5.37. The van der Waals surface area contributed by atoms with Gasteiger partial charge in [0.2, 0.25) is 0 Å². The second-order valence-corrected chi connectivity index (χ2v) is 3.57. The first-order valence-electron chi connectivity index (χ1n) is 5.37. The lowest BCUT2D eigenvalue weighted by Gasteiger charge is -2.12. The second kappa shape index (κ2) is 5.89. The standard InChI is InChI=1S/C12H16N2O3/c1-3-17-12(16)8(2)14-11(15)9-5-4-6-10(13)7-9/h4-8H,3,13H2,1-2H3,(H,14,15). The molecule has 0 aliphatic heterocycles. The Morgan fingerprint density at radius 2 is 2.18 bits per heavy atom. The Morgan fingerprint density at radius 3 is 2.76 bits per heavy atom. The topological polar surface area (TPSA) is 81.4 Å². The average molecular weight is 236 g/mol. The fourth-order valence-corrected chi connectivity index (χ4v) is 1.29. The molecule has 1 rings (SSSR count). The molecule has 0 fully saturated rings. The number of carbonyl (C=O) groups is 2. The number of hydrogen-bond acceptors (Lipinski definition) is 4. The largest absolute Gasteiger partial charge is 0.464 e. The summed E-state index contributed by atoms with van der Waals surface area (Å²) >= 11 is 0. The molecule has 0 bridgehead atoms. The number of anilines is 1. The molecular weight excluding hydrogens is 220 g/mol. The molecule has 0 aromatic heterocycles. The van der Waals surface area contributed by atoms with Gasteiger partial charge in [0.05, 0.1) is 6.61 Å². The maximum absolute atomic E-state index is 11.7. The van der Waals surface area contributed by atoms with Gasteiger partial charge in [0, 0.05) is 11.3 Å². The minimum atomic E-state index is -0.677. The number of nitrogens with one attached hydrogen (secondary N) is 1. The molecule has 0 spiro atoms. The molecule has 0 aliphatic rings. The van der Waals surface area contributed by atoms with Crippen LogP contribution in [0, 0.1) is 0 Å². The molecule has 3 N–H and O–H groups in total. The molecule has 1 atom stereocenters. The van der Waals surface area contributed by atoms with Crippen molar-refractivity contribution in [1.29, 1.82) is 0 Å². The van der Waals surface area contributed by atoms with Gasteiger partial charge >= 0.3 is 5.97 Å². The number of hydrogen-bond donors (Lipinski definition) is 2. The fourth-order valence-electron chi connectivity index (χ4n) is 1.29. The first kappa shape index (κ1) is 13.0. The number of nitrogens with two attached hydrogens (primary N) is 1. The highest BCUT2D eigenvalue weighted by Gasteiger charge is 2.17. The van der Waals surface area contributed by atoms with Gasteiger partial charge in [-0.15, -0.1) is 0 Å². The van der Waals surface area contributed by atoms with Gasteiger partial charge in [-0.2, -0.15) is 0 Å². The number of esters is 1. The van der Waals surface area contributed by atoms with Gasteiger partial charge in [-0.3, -0.25) is 4.79 Å². The van der Waals surface area contributed by atoms with E-state index in [4.69, 9.17) is 10.5 Å². The van der Waals surface area contributed by atoms with Crippen molar-refractivity contribution in [1.82, 2.24) is 5.32 Å². The lowest BCUT2D eigenvalue weighted by Crippen LogP contribution is -2.39. The van der Waals surface area contributed by atoms with Gasteiger partial charge in [0.15, 0.2) is 0 Å². The van der Waals surface area contributed by atoms with Crippen LogP contribution in [-0.4, -0.2) is 24.5 Å². The molecule has 1 aromatic rings. The van der Waals surface area contributed by atoms with E-state index in [0.717, 1.165) is 0 Å². The molecule has 0 saturated carbocycles. The summed E-state index contributed by atoms with van der Waals surface area (Å²) in [5.74, 6) is -0.803. The molecule has 17 heavy (non-hydrogen) atoms. The van der Waals surface area contributed by atoms with Gasteiger partial charge < -0.3 is 15.8 Å². The van der Waals surface area contributed by atoms with E-state index in [9.17, 15) is 9.59 Å². The number of benzene rings is 1. The van der Waals surface area contributed by atoms with Crippen LogP contribution in [0.1, 0.15) is 24.2 Å². The van der Waals surface area contributed by atoms with Crippen molar-refractivity contribution in [2.75, 3.05) is 12.3 Å². The molecule has 0 aliphatic carbocycles. The second-order valence-electron chi connectivity index (χ2n) is 3.57. The number of ether oxygens (including phenoxy) is 1. The van der Waals surface area contributed by atoms with E-state index in [2.05, 4.69) is 5.32 Å². The van der Waals surface area contributed by atoms with Crippen molar-refractivity contribution in [3.05, 3.63) is 29.8 Å². The van der Waals surface area contributed by atoms with E-state index in [0.29, 0.717) is 11.3 Å². The zero-order chi connectivity index (χ0) is 12.8. The monoisotopic (exact) mass is 236 g/mol. The summed E-state index contributed by atoms with van der Waals surface area (Å²) in [6.07, 6.45) is 0. The van der Waals surface area contributed by atoms with Gasteiger partial charge in [-0.1, -0.05) is 6.07 Å². The summed E-state index contributed by atoms with van der Waals surface area (Å²) in [4.78, 5) is 23.1. The van der Waals surface area contributed by atoms with E-state index in [1.807, 2.05) is 0 Å². The fraction of sp³-hybridized carbons (Fsp3) is 0.333. The molecule has 5 heteroatoms. The van der Waals surface area contributed by atoms with Crippen LogP contribution in [0.15, 0.2) is 24.3 Å². The number of rotatable bonds is 4. The molecule has 1 aromatic carbocycles.